The molecule has 0 aromatic heterocycles. The van der Waals surface area contributed by atoms with E-state index >= 15 is 0 Å². The number of rotatable bonds is 5. The highest BCUT2D eigenvalue weighted by molar-refractivity contribution is 7.80. The molecule has 1 aromatic rings. The van der Waals surface area contributed by atoms with Crippen LogP contribution in [0.4, 0.5) is 5.69 Å². The highest BCUT2D eigenvalue weighted by Gasteiger charge is 2.39. The van der Waals surface area contributed by atoms with E-state index in [4.69, 9.17) is 17.0 Å². The Hall–Kier alpha value is -2.42. The van der Waals surface area contributed by atoms with Crippen LogP contribution in [0.2, 0.25) is 0 Å². The van der Waals surface area contributed by atoms with Gasteiger partial charge in [-0.2, -0.15) is 0 Å². The number of amides is 1. The van der Waals surface area contributed by atoms with Crippen molar-refractivity contribution in [2.75, 3.05) is 6.61 Å². The molecule has 0 saturated heterocycles. The van der Waals surface area contributed by atoms with E-state index in [2.05, 4.69) is 16.2 Å². The van der Waals surface area contributed by atoms with Crippen LogP contribution in [0.25, 0.3) is 0 Å². The molecule has 0 radical (unpaired) electrons. The summed E-state index contributed by atoms with van der Waals surface area (Å²) in [5.74, 6) is 1.04. The standard InChI is InChI=1S/C16H20N4O4S/c21-15(9-24-14-4-2-1-3-13(14)20(22)23)18-19-16(25)17-12-8-10-5-6-11(12)7-10/h1-4,10-12H,5-9H2,(H,18,21)(H2,17,19,25). The minimum absolute atomic E-state index is 0.0466. The lowest BCUT2D eigenvalue weighted by atomic mass is 9.96. The molecule has 2 fully saturated rings. The summed E-state index contributed by atoms with van der Waals surface area (Å²) in [6.45, 7) is -0.353. The van der Waals surface area contributed by atoms with Crippen LogP contribution in [0.3, 0.4) is 0 Å². The molecule has 2 aliphatic carbocycles. The van der Waals surface area contributed by atoms with Crippen molar-refractivity contribution in [2.45, 2.75) is 31.7 Å². The van der Waals surface area contributed by atoms with Gasteiger partial charge in [-0.05, 0) is 49.4 Å². The van der Waals surface area contributed by atoms with E-state index in [9.17, 15) is 14.9 Å². The summed E-state index contributed by atoms with van der Waals surface area (Å²) in [7, 11) is 0. The second kappa shape index (κ2) is 7.64. The second-order valence-electron chi connectivity index (χ2n) is 6.44. The number of nitrogens with one attached hydrogen (secondary N) is 3. The van der Waals surface area contributed by atoms with Crippen molar-refractivity contribution in [3.8, 4) is 5.75 Å². The van der Waals surface area contributed by atoms with Gasteiger partial charge in [0, 0.05) is 12.1 Å². The summed E-state index contributed by atoms with van der Waals surface area (Å²) in [6, 6.07) is 6.28. The maximum absolute atomic E-state index is 11.8. The number of para-hydroxylation sites is 2. The van der Waals surface area contributed by atoms with Crippen molar-refractivity contribution in [3.05, 3.63) is 34.4 Å². The van der Waals surface area contributed by atoms with Gasteiger partial charge in [0.15, 0.2) is 17.5 Å². The molecule has 0 spiro atoms. The van der Waals surface area contributed by atoms with Crippen LogP contribution in [0.15, 0.2) is 24.3 Å². The number of nitrogens with zero attached hydrogens (tertiary/aromatic N) is 1. The highest BCUT2D eigenvalue weighted by atomic mass is 32.1. The van der Waals surface area contributed by atoms with Gasteiger partial charge < -0.3 is 10.1 Å². The summed E-state index contributed by atoms with van der Waals surface area (Å²) >= 11 is 5.19. The largest absolute Gasteiger partial charge is 0.477 e. The van der Waals surface area contributed by atoms with Gasteiger partial charge in [-0.3, -0.25) is 25.8 Å². The lowest BCUT2D eigenvalue weighted by Crippen LogP contribution is -2.51. The molecule has 0 aliphatic heterocycles. The molecular formula is C16H20N4O4S. The molecule has 3 rings (SSSR count). The van der Waals surface area contributed by atoms with Crippen LogP contribution in [-0.2, 0) is 4.79 Å². The van der Waals surface area contributed by atoms with Crippen molar-refractivity contribution in [3.63, 3.8) is 0 Å². The van der Waals surface area contributed by atoms with Crippen LogP contribution in [0, 0.1) is 22.0 Å². The molecule has 2 bridgehead atoms. The molecule has 1 aromatic carbocycles. The number of nitro groups is 1. The third-order valence-corrected chi connectivity index (χ3v) is 5.01. The molecule has 3 N–H and O–H groups in total. The maximum atomic E-state index is 11.8. The van der Waals surface area contributed by atoms with Crippen molar-refractivity contribution in [1.29, 1.82) is 0 Å². The van der Waals surface area contributed by atoms with Crippen LogP contribution in [0.1, 0.15) is 25.7 Å². The van der Waals surface area contributed by atoms with E-state index in [1.807, 2.05) is 0 Å². The minimum Gasteiger partial charge on any atom is -0.477 e. The third kappa shape index (κ3) is 4.36. The molecule has 8 nitrogen and oxygen atoms in total. The van der Waals surface area contributed by atoms with Crippen LogP contribution in [0.5, 0.6) is 5.75 Å². The topological polar surface area (TPSA) is 106 Å². The smallest absolute Gasteiger partial charge is 0.310 e. The predicted molar refractivity (Wildman–Crippen MR) is 94.8 cm³/mol. The Morgan fingerprint density at radius 2 is 2.08 bits per heavy atom. The molecular weight excluding hydrogens is 344 g/mol. The van der Waals surface area contributed by atoms with E-state index in [-0.39, 0.29) is 18.0 Å². The van der Waals surface area contributed by atoms with Gasteiger partial charge in [-0.1, -0.05) is 18.6 Å². The number of carbonyl (C=O) groups is 1. The van der Waals surface area contributed by atoms with Crippen molar-refractivity contribution in [2.24, 2.45) is 11.8 Å². The number of hydrazine groups is 1. The molecule has 0 heterocycles. The van der Waals surface area contributed by atoms with Gasteiger partial charge >= 0.3 is 5.69 Å². The van der Waals surface area contributed by atoms with E-state index < -0.39 is 10.8 Å². The zero-order chi connectivity index (χ0) is 17.8. The first-order valence-corrected chi connectivity index (χ1v) is 8.65. The maximum Gasteiger partial charge on any atom is 0.310 e. The Morgan fingerprint density at radius 3 is 2.76 bits per heavy atom. The number of fused-ring (bicyclic) bond motifs is 2. The fourth-order valence-electron chi connectivity index (χ4n) is 3.66. The number of ether oxygens (including phenoxy) is 1. The highest BCUT2D eigenvalue weighted by Crippen LogP contribution is 2.44. The van der Waals surface area contributed by atoms with Crippen molar-refractivity contribution >= 4 is 28.9 Å². The lowest BCUT2D eigenvalue weighted by molar-refractivity contribution is -0.385. The fraction of sp³-hybridized carbons (Fsp3) is 0.500. The Bertz CT molecular complexity index is 684. The number of thiocarbonyl (C=S) groups is 1. The van der Waals surface area contributed by atoms with E-state index in [0.29, 0.717) is 17.1 Å². The summed E-state index contributed by atoms with van der Waals surface area (Å²) in [6.07, 6.45) is 4.93. The summed E-state index contributed by atoms with van der Waals surface area (Å²) in [4.78, 5) is 22.1. The number of nitro benzene ring substituents is 1. The molecule has 1 amide bonds. The van der Waals surface area contributed by atoms with Gasteiger partial charge in [0.25, 0.3) is 5.91 Å². The second-order valence-corrected chi connectivity index (χ2v) is 6.85. The minimum atomic E-state index is -0.556. The molecule has 134 valence electrons. The summed E-state index contributed by atoms with van der Waals surface area (Å²) in [5, 5.41) is 14.5. The molecule has 3 atom stereocenters. The Labute approximate surface area is 150 Å². The zero-order valence-corrected chi connectivity index (χ0v) is 14.4. The van der Waals surface area contributed by atoms with E-state index in [1.165, 1.54) is 37.5 Å². The van der Waals surface area contributed by atoms with Gasteiger partial charge in [-0.15, -0.1) is 0 Å². The van der Waals surface area contributed by atoms with Gasteiger partial charge in [0.1, 0.15) is 0 Å². The SMILES string of the molecule is O=C(COc1ccccc1[N+](=O)[O-])NNC(=S)NC1CC2CCC1C2. The Morgan fingerprint density at radius 1 is 1.28 bits per heavy atom. The normalized spacial score (nSPS) is 23.8. The quantitative estimate of drug-likeness (QED) is 0.414. The first-order valence-electron chi connectivity index (χ1n) is 8.24. The fourth-order valence-corrected chi connectivity index (χ4v) is 3.86. The van der Waals surface area contributed by atoms with Gasteiger partial charge in [0.2, 0.25) is 0 Å². The van der Waals surface area contributed by atoms with Crippen LogP contribution >= 0.6 is 12.2 Å². The predicted octanol–water partition coefficient (Wildman–Crippen LogP) is 1.66. The first kappa shape index (κ1) is 17.4. The summed E-state index contributed by atoms with van der Waals surface area (Å²) in [5.41, 5.74) is 4.90. The molecule has 25 heavy (non-hydrogen) atoms. The lowest BCUT2D eigenvalue weighted by Gasteiger charge is -2.24. The third-order valence-electron chi connectivity index (χ3n) is 4.79. The number of benzene rings is 1. The number of hydrogen-bond acceptors (Lipinski definition) is 5. The molecule has 2 saturated carbocycles. The molecule has 9 heteroatoms. The Balaban J connectivity index is 1.39. The number of carbonyl (C=O) groups excluding carboxylic acids is 1. The van der Waals surface area contributed by atoms with Crippen LogP contribution < -0.4 is 20.9 Å². The molecule has 3 unspecified atom stereocenters. The Kier molecular flexibility index (Phi) is 5.32. The van der Waals surface area contributed by atoms with E-state index in [1.54, 1.807) is 6.07 Å². The van der Waals surface area contributed by atoms with E-state index in [0.717, 1.165) is 12.3 Å². The van der Waals surface area contributed by atoms with Crippen molar-refractivity contribution in [1.82, 2.24) is 16.2 Å². The van der Waals surface area contributed by atoms with Gasteiger partial charge in [-0.25, -0.2) is 0 Å². The zero-order valence-electron chi connectivity index (χ0n) is 13.6. The van der Waals surface area contributed by atoms with Gasteiger partial charge in [0.05, 0.1) is 4.92 Å². The number of hydrogen-bond donors (Lipinski definition) is 3. The summed E-state index contributed by atoms with van der Waals surface area (Å²) < 4.78 is 5.21. The van der Waals surface area contributed by atoms with Crippen molar-refractivity contribution < 1.29 is 14.5 Å². The van der Waals surface area contributed by atoms with Crippen LogP contribution in [-0.4, -0.2) is 28.6 Å². The average molecular weight is 364 g/mol. The molecule has 2 aliphatic rings. The monoisotopic (exact) mass is 364 g/mol. The first-order chi connectivity index (χ1) is 12.0. The average Bonchev–Trinajstić information content (AvgIpc) is 3.21.